The molecule has 0 aromatic heterocycles. The Morgan fingerprint density at radius 1 is 1.18 bits per heavy atom. The minimum atomic E-state index is 0.846. The first-order chi connectivity index (χ1) is 5.24. The monoisotopic (exact) mass is 156 g/mol. The predicted octanol–water partition coefficient (Wildman–Crippen LogP) is 2.55. The van der Waals surface area contributed by atoms with Crippen LogP contribution in [0.3, 0.4) is 0 Å². The second-order valence-corrected chi connectivity index (χ2v) is 3.26. The standard InChI is InChI=1S/C10H22N/c1-5-8-11(4)9-10(6-2)7-3/h10H,4-9H2,1-3H3/q+1. The Balaban J connectivity index is 3.54. The Kier molecular flexibility index (Phi) is 6.19. The summed E-state index contributed by atoms with van der Waals surface area (Å²) in [5.74, 6) is 0.846. The van der Waals surface area contributed by atoms with Gasteiger partial charge in [0, 0.05) is 12.3 Å². The average Bonchev–Trinajstić information content (AvgIpc) is 2.01. The molecule has 0 aromatic carbocycles. The Morgan fingerprint density at radius 3 is 2.09 bits per heavy atom. The van der Waals surface area contributed by atoms with E-state index in [1.54, 1.807) is 0 Å². The van der Waals surface area contributed by atoms with Crippen molar-refractivity contribution in [1.29, 1.82) is 0 Å². The molecule has 66 valence electrons. The van der Waals surface area contributed by atoms with Crippen LogP contribution >= 0.6 is 0 Å². The molecule has 1 heteroatoms. The van der Waals surface area contributed by atoms with Crippen LogP contribution < -0.4 is 0 Å². The number of hydrogen-bond acceptors (Lipinski definition) is 0. The molecule has 0 radical (unpaired) electrons. The van der Waals surface area contributed by atoms with Gasteiger partial charge in [0.05, 0.1) is 0 Å². The fraction of sp³-hybridized carbons (Fsp3) is 0.900. The lowest BCUT2D eigenvalue weighted by Gasteiger charge is -2.09. The largest absolute Gasteiger partial charge is 0.242 e. The molecule has 0 spiro atoms. The summed E-state index contributed by atoms with van der Waals surface area (Å²) >= 11 is 0. The maximum Gasteiger partial charge on any atom is 0.145 e. The molecule has 0 unspecified atom stereocenters. The second kappa shape index (κ2) is 6.38. The van der Waals surface area contributed by atoms with E-state index in [0.717, 1.165) is 12.5 Å². The lowest BCUT2D eigenvalue weighted by molar-refractivity contribution is -0.527. The van der Waals surface area contributed by atoms with Gasteiger partial charge in [-0.05, 0) is 12.8 Å². The van der Waals surface area contributed by atoms with Crippen molar-refractivity contribution in [2.24, 2.45) is 5.92 Å². The summed E-state index contributed by atoms with van der Waals surface area (Å²) in [6, 6.07) is 0. The quantitative estimate of drug-likeness (QED) is 0.411. The van der Waals surface area contributed by atoms with Gasteiger partial charge in [0.2, 0.25) is 0 Å². The minimum Gasteiger partial charge on any atom is -0.242 e. The van der Waals surface area contributed by atoms with Crippen LogP contribution in [0.5, 0.6) is 0 Å². The number of nitrogens with zero attached hydrogens (tertiary/aromatic N) is 1. The van der Waals surface area contributed by atoms with Crippen molar-refractivity contribution in [2.75, 3.05) is 13.1 Å². The van der Waals surface area contributed by atoms with Gasteiger partial charge in [-0.2, -0.15) is 0 Å². The Labute approximate surface area is 71.1 Å². The lowest BCUT2D eigenvalue weighted by atomic mass is 10.0. The third kappa shape index (κ3) is 5.00. The second-order valence-electron chi connectivity index (χ2n) is 3.26. The first-order valence-electron chi connectivity index (χ1n) is 4.79. The van der Waals surface area contributed by atoms with Gasteiger partial charge in [-0.15, -0.1) is 0 Å². The van der Waals surface area contributed by atoms with Gasteiger partial charge in [-0.25, -0.2) is 4.58 Å². The van der Waals surface area contributed by atoms with Crippen LogP contribution in [0.25, 0.3) is 0 Å². The summed E-state index contributed by atoms with van der Waals surface area (Å²) < 4.78 is 2.19. The van der Waals surface area contributed by atoms with Gasteiger partial charge in [0.15, 0.2) is 0 Å². The topological polar surface area (TPSA) is 3.01 Å². The summed E-state index contributed by atoms with van der Waals surface area (Å²) in [6.07, 6.45) is 3.78. The van der Waals surface area contributed by atoms with E-state index in [9.17, 15) is 0 Å². The summed E-state index contributed by atoms with van der Waals surface area (Å²) in [4.78, 5) is 0. The summed E-state index contributed by atoms with van der Waals surface area (Å²) in [5.41, 5.74) is 0. The van der Waals surface area contributed by atoms with Crippen LogP contribution in [0.2, 0.25) is 0 Å². The zero-order valence-electron chi connectivity index (χ0n) is 8.27. The minimum absolute atomic E-state index is 0.846. The maximum absolute atomic E-state index is 4.00. The molecule has 1 nitrogen and oxygen atoms in total. The first kappa shape index (κ1) is 10.7. The smallest absolute Gasteiger partial charge is 0.145 e. The highest BCUT2D eigenvalue weighted by Gasteiger charge is 2.08. The van der Waals surface area contributed by atoms with Gasteiger partial charge in [0.1, 0.15) is 19.8 Å². The maximum atomic E-state index is 4.00. The molecule has 0 bridgehead atoms. The van der Waals surface area contributed by atoms with Crippen LogP contribution in [0.4, 0.5) is 0 Å². The van der Waals surface area contributed by atoms with Gasteiger partial charge in [-0.3, -0.25) is 0 Å². The molecule has 0 atom stereocenters. The summed E-state index contributed by atoms with van der Waals surface area (Å²) in [6.45, 7) is 13.0. The average molecular weight is 156 g/mol. The molecule has 0 fully saturated rings. The Hall–Kier alpha value is -0.330. The van der Waals surface area contributed by atoms with Crippen LogP contribution in [0.1, 0.15) is 40.0 Å². The molecule has 0 saturated heterocycles. The molecule has 0 rings (SSSR count). The van der Waals surface area contributed by atoms with E-state index >= 15 is 0 Å². The molecule has 11 heavy (non-hydrogen) atoms. The SMILES string of the molecule is C=[N+](CCC)CC(CC)CC. The van der Waals surface area contributed by atoms with Gasteiger partial charge in [0.25, 0.3) is 0 Å². The van der Waals surface area contributed by atoms with Gasteiger partial charge >= 0.3 is 0 Å². The van der Waals surface area contributed by atoms with Crippen molar-refractivity contribution < 1.29 is 4.58 Å². The highest BCUT2D eigenvalue weighted by atomic mass is 15.0. The molecule has 0 aliphatic heterocycles. The van der Waals surface area contributed by atoms with Crippen LogP contribution in [-0.2, 0) is 0 Å². The van der Waals surface area contributed by atoms with Crippen LogP contribution in [-0.4, -0.2) is 24.4 Å². The van der Waals surface area contributed by atoms with E-state index in [0.29, 0.717) is 0 Å². The van der Waals surface area contributed by atoms with Gasteiger partial charge < -0.3 is 0 Å². The Morgan fingerprint density at radius 2 is 1.73 bits per heavy atom. The van der Waals surface area contributed by atoms with E-state index in [1.807, 2.05) is 0 Å². The molecule has 0 heterocycles. The van der Waals surface area contributed by atoms with E-state index in [2.05, 4.69) is 32.1 Å². The molecular formula is C10H22N+. The number of hydrogen-bond donors (Lipinski definition) is 0. The van der Waals surface area contributed by atoms with Crippen molar-refractivity contribution in [1.82, 2.24) is 0 Å². The molecule has 0 aliphatic carbocycles. The van der Waals surface area contributed by atoms with Crippen LogP contribution in [0, 0.1) is 5.92 Å². The van der Waals surface area contributed by atoms with Crippen molar-refractivity contribution in [3.8, 4) is 0 Å². The fourth-order valence-electron chi connectivity index (χ4n) is 1.32. The van der Waals surface area contributed by atoms with Gasteiger partial charge in [-0.1, -0.05) is 20.8 Å². The predicted molar refractivity (Wildman–Crippen MR) is 51.5 cm³/mol. The molecule has 0 N–H and O–H groups in total. The lowest BCUT2D eigenvalue weighted by Crippen LogP contribution is -2.19. The van der Waals surface area contributed by atoms with Crippen molar-refractivity contribution in [3.05, 3.63) is 0 Å². The normalized spacial score (nSPS) is 10.5. The fourth-order valence-corrected chi connectivity index (χ4v) is 1.32. The third-order valence-electron chi connectivity index (χ3n) is 2.21. The molecule has 0 saturated carbocycles. The summed E-state index contributed by atoms with van der Waals surface area (Å²) in [5, 5.41) is 0. The molecule has 0 amide bonds. The zero-order chi connectivity index (χ0) is 8.69. The molecular weight excluding hydrogens is 134 g/mol. The number of rotatable bonds is 6. The van der Waals surface area contributed by atoms with Crippen LogP contribution in [0.15, 0.2) is 0 Å². The Bertz CT molecular complexity index is 103. The first-order valence-corrected chi connectivity index (χ1v) is 4.79. The van der Waals surface area contributed by atoms with E-state index in [4.69, 9.17) is 0 Å². The van der Waals surface area contributed by atoms with E-state index in [-0.39, 0.29) is 0 Å². The highest BCUT2D eigenvalue weighted by molar-refractivity contribution is 5.14. The zero-order valence-corrected chi connectivity index (χ0v) is 8.27. The van der Waals surface area contributed by atoms with Crippen molar-refractivity contribution in [2.45, 2.75) is 40.0 Å². The molecule has 0 aliphatic rings. The highest BCUT2D eigenvalue weighted by Crippen LogP contribution is 2.06. The van der Waals surface area contributed by atoms with E-state index < -0.39 is 0 Å². The van der Waals surface area contributed by atoms with Crippen molar-refractivity contribution >= 4 is 6.72 Å². The molecule has 0 aromatic rings. The summed E-state index contributed by atoms with van der Waals surface area (Å²) in [7, 11) is 0. The van der Waals surface area contributed by atoms with Crippen molar-refractivity contribution in [3.63, 3.8) is 0 Å². The third-order valence-corrected chi connectivity index (χ3v) is 2.21. The van der Waals surface area contributed by atoms with E-state index in [1.165, 1.54) is 25.8 Å².